The van der Waals surface area contributed by atoms with Crippen molar-refractivity contribution in [2.45, 2.75) is 25.7 Å². The van der Waals surface area contributed by atoms with Gasteiger partial charge in [0.2, 0.25) is 0 Å². The highest BCUT2D eigenvalue weighted by Gasteiger charge is 2.34. The van der Waals surface area contributed by atoms with Gasteiger partial charge >= 0.3 is 0 Å². The van der Waals surface area contributed by atoms with E-state index >= 15 is 0 Å². The summed E-state index contributed by atoms with van der Waals surface area (Å²) in [5, 5.41) is 3.34. The zero-order valence-electron chi connectivity index (χ0n) is 9.94. The Kier molecular flexibility index (Phi) is 2.23. The minimum absolute atomic E-state index is 0.227. The number of ether oxygens (including phenoxy) is 1. The molecule has 3 rings (SSSR count). The van der Waals surface area contributed by atoms with Gasteiger partial charge in [-0.1, -0.05) is 18.2 Å². The lowest BCUT2D eigenvalue weighted by Gasteiger charge is -2.38. The SMILES string of the molecule is CC1(C)OC(c2ccco2)Nc2ccccc21. The van der Waals surface area contributed by atoms with Crippen molar-refractivity contribution in [3.63, 3.8) is 0 Å². The van der Waals surface area contributed by atoms with Crippen LogP contribution in [0.3, 0.4) is 0 Å². The normalized spacial score (nSPS) is 21.6. The van der Waals surface area contributed by atoms with E-state index in [2.05, 4.69) is 31.3 Å². The molecule has 2 aromatic rings. The Morgan fingerprint density at radius 2 is 1.94 bits per heavy atom. The molecule has 0 amide bonds. The van der Waals surface area contributed by atoms with Crippen LogP contribution in [0.1, 0.15) is 31.4 Å². The second-order valence-corrected chi connectivity index (χ2v) is 4.71. The van der Waals surface area contributed by atoms with Gasteiger partial charge in [-0.3, -0.25) is 0 Å². The summed E-state index contributed by atoms with van der Waals surface area (Å²) >= 11 is 0. The molecule has 2 heterocycles. The van der Waals surface area contributed by atoms with Crippen molar-refractivity contribution in [1.29, 1.82) is 0 Å². The van der Waals surface area contributed by atoms with E-state index in [0.29, 0.717) is 0 Å². The molecule has 88 valence electrons. The van der Waals surface area contributed by atoms with Crippen molar-refractivity contribution in [2.24, 2.45) is 0 Å². The fourth-order valence-corrected chi connectivity index (χ4v) is 2.23. The fourth-order valence-electron chi connectivity index (χ4n) is 2.23. The number of hydrogen-bond donors (Lipinski definition) is 1. The number of furan rings is 1. The predicted octanol–water partition coefficient (Wildman–Crippen LogP) is 3.66. The number of hydrogen-bond acceptors (Lipinski definition) is 3. The molecule has 1 unspecified atom stereocenters. The topological polar surface area (TPSA) is 34.4 Å². The Morgan fingerprint density at radius 1 is 1.12 bits per heavy atom. The van der Waals surface area contributed by atoms with Crippen LogP contribution in [0.15, 0.2) is 47.1 Å². The lowest BCUT2D eigenvalue weighted by molar-refractivity contribution is -0.0809. The molecular weight excluding hydrogens is 214 g/mol. The molecule has 1 aliphatic rings. The lowest BCUT2D eigenvalue weighted by atomic mass is 9.94. The first-order valence-electron chi connectivity index (χ1n) is 5.74. The van der Waals surface area contributed by atoms with Crippen LogP contribution in [0.2, 0.25) is 0 Å². The largest absolute Gasteiger partial charge is 0.465 e. The first-order valence-corrected chi connectivity index (χ1v) is 5.74. The van der Waals surface area contributed by atoms with Crippen molar-refractivity contribution >= 4 is 5.69 Å². The van der Waals surface area contributed by atoms with E-state index in [1.54, 1.807) is 6.26 Å². The summed E-state index contributed by atoms with van der Waals surface area (Å²) in [4.78, 5) is 0. The van der Waals surface area contributed by atoms with Crippen LogP contribution in [0.5, 0.6) is 0 Å². The van der Waals surface area contributed by atoms with Gasteiger partial charge in [-0.2, -0.15) is 0 Å². The Morgan fingerprint density at radius 3 is 2.71 bits per heavy atom. The molecule has 1 aliphatic heterocycles. The van der Waals surface area contributed by atoms with Gasteiger partial charge in [-0.15, -0.1) is 0 Å². The Labute approximate surface area is 100 Å². The number of para-hydroxylation sites is 1. The van der Waals surface area contributed by atoms with Gasteiger partial charge in [0.25, 0.3) is 0 Å². The maximum absolute atomic E-state index is 6.04. The van der Waals surface area contributed by atoms with Gasteiger partial charge in [0.05, 0.1) is 11.9 Å². The fraction of sp³-hybridized carbons (Fsp3) is 0.286. The van der Waals surface area contributed by atoms with Crippen molar-refractivity contribution in [3.8, 4) is 0 Å². The first kappa shape index (κ1) is 10.4. The van der Waals surface area contributed by atoms with Crippen LogP contribution < -0.4 is 5.32 Å². The highest BCUT2D eigenvalue weighted by atomic mass is 16.5. The van der Waals surface area contributed by atoms with E-state index in [0.717, 1.165) is 11.4 Å². The average molecular weight is 229 g/mol. The van der Waals surface area contributed by atoms with Gasteiger partial charge in [0, 0.05) is 11.3 Å². The van der Waals surface area contributed by atoms with E-state index in [1.807, 2.05) is 24.3 Å². The van der Waals surface area contributed by atoms with Gasteiger partial charge in [0.15, 0.2) is 12.0 Å². The molecule has 0 bridgehead atoms. The zero-order chi connectivity index (χ0) is 11.9. The van der Waals surface area contributed by atoms with Crippen LogP contribution in [-0.4, -0.2) is 0 Å². The smallest absolute Gasteiger partial charge is 0.187 e. The molecule has 0 saturated carbocycles. The molecule has 1 N–H and O–H groups in total. The molecule has 0 fully saturated rings. The van der Waals surface area contributed by atoms with Crippen LogP contribution in [-0.2, 0) is 10.3 Å². The van der Waals surface area contributed by atoms with Crippen molar-refractivity contribution in [1.82, 2.24) is 0 Å². The van der Waals surface area contributed by atoms with Crippen LogP contribution >= 0.6 is 0 Å². The van der Waals surface area contributed by atoms with E-state index in [-0.39, 0.29) is 11.8 Å². The zero-order valence-corrected chi connectivity index (χ0v) is 9.94. The Hall–Kier alpha value is -1.74. The second-order valence-electron chi connectivity index (χ2n) is 4.71. The Bertz CT molecular complexity index is 517. The summed E-state index contributed by atoms with van der Waals surface area (Å²) in [6, 6.07) is 12.0. The van der Waals surface area contributed by atoms with Crippen molar-refractivity contribution in [2.75, 3.05) is 5.32 Å². The molecule has 0 radical (unpaired) electrons. The Balaban J connectivity index is 2.02. The van der Waals surface area contributed by atoms with Crippen LogP contribution in [0.25, 0.3) is 0 Å². The second kappa shape index (κ2) is 3.64. The number of fused-ring (bicyclic) bond motifs is 1. The third-order valence-electron chi connectivity index (χ3n) is 3.08. The maximum atomic E-state index is 6.04. The van der Waals surface area contributed by atoms with Crippen LogP contribution in [0.4, 0.5) is 5.69 Å². The number of benzene rings is 1. The molecule has 3 nitrogen and oxygen atoms in total. The monoisotopic (exact) mass is 229 g/mol. The van der Waals surface area contributed by atoms with E-state index in [9.17, 15) is 0 Å². The summed E-state index contributed by atoms with van der Waals surface area (Å²) < 4.78 is 11.4. The molecule has 1 atom stereocenters. The molecule has 1 aromatic carbocycles. The van der Waals surface area contributed by atoms with Gasteiger partial charge < -0.3 is 14.5 Å². The molecule has 1 aromatic heterocycles. The van der Waals surface area contributed by atoms with E-state index in [4.69, 9.17) is 9.15 Å². The molecule has 0 saturated heterocycles. The lowest BCUT2D eigenvalue weighted by Crippen LogP contribution is -2.33. The summed E-state index contributed by atoms with van der Waals surface area (Å²) in [7, 11) is 0. The molecule has 17 heavy (non-hydrogen) atoms. The summed E-state index contributed by atoms with van der Waals surface area (Å²) in [5.74, 6) is 0.799. The maximum Gasteiger partial charge on any atom is 0.187 e. The predicted molar refractivity (Wildman–Crippen MR) is 65.6 cm³/mol. The number of rotatable bonds is 1. The van der Waals surface area contributed by atoms with Crippen molar-refractivity contribution < 1.29 is 9.15 Å². The minimum atomic E-state index is -0.320. The van der Waals surface area contributed by atoms with Crippen LogP contribution in [0, 0.1) is 0 Å². The standard InChI is InChI=1S/C14H15NO2/c1-14(2)10-6-3-4-7-11(10)15-13(17-14)12-8-5-9-16-12/h3-9,13,15H,1-2H3. The first-order chi connectivity index (χ1) is 8.17. The highest BCUT2D eigenvalue weighted by Crippen LogP contribution is 2.41. The van der Waals surface area contributed by atoms with E-state index in [1.165, 1.54) is 5.56 Å². The average Bonchev–Trinajstić information content (AvgIpc) is 2.81. The third-order valence-corrected chi connectivity index (χ3v) is 3.08. The van der Waals surface area contributed by atoms with Crippen molar-refractivity contribution in [3.05, 3.63) is 54.0 Å². The molecule has 0 aliphatic carbocycles. The summed E-state index contributed by atoms with van der Waals surface area (Å²) in [6.07, 6.45) is 1.43. The summed E-state index contributed by atoms with van der Waals surface area (Å²) in [5.41, 5.74) is 1.95. The van der Waals surface area contributed by atoms with Gasteiger partial charge in [-0.05, 0) is 32.0 Å². The van der Waals surface area contributed by atoms with Gasteiger partial charge in [0.1, 0.15) is 0 Å². The number of nitrogens with one attached hydrogen (secondary N) is 1. The summed E-state index contributed by atoms with van der Waals surface area (Å²) in [6.45, 7) is 4.14. The third kappa shape index (κ3) is 1.72. The molecule has 0 spiro atoms. The van der Waals surface area contributed by atoms with E-state index < -0.39 is 0 Å². The minimum Gasteiger partial charge on any atom is -0.465 e. The molecular formula is C14H15NO2. The quantitative estimate of drug-likeness (QED) is 0.810. The number of anilines is 1. The highest BCUT2D eigenvalue weighted by molar-refractivity contribution is 5.55. The van der Waals surface area contributed by atoms with Gasteiger partial charge in [-0.25, -0.2) is 0 Å². The molecule has 3 heteroatoms.